The van der Waals surface area contributed by atoms with Crippen molar-refractivity contribution in [1.82, 2.24) is 0 Å². The summed E-state index contributed by atoms with van der Waals surface area (Å²) in [5.41, 5.74) is 0.648. The molecule has 0 aliphatic rings. The number of unbranched alkanes of at least 4 members (excludes halogenated alkanes) is 2. The zero-order valence-electron chi connectivity index (χ0n) is 13.8. The predicted octanol–water partition coefficient (Wildman–Crippen LogP) is 5.15. The third-order valence-corrected chi connectivity index (χ3v) is 4.05. The summed E-state index contributed by atoms with van der Waals surface area (Å²) < 4.78 is 23.8. The van der Waals surface area contributed by atoms with Gasteiger partial charge >= 0.3 is 11.9 Å². The van der Waals surface area contributed by atoms with Crippen LogP contribution < -0.4 is 4.74 Å². The molecule has 0 radical (unpaired) electrons. The van der Waals surface area contributed by atoms with Crippen molar-refractivity contribution in [2.45, 2.75) is 26.2 Å². The van der Waals surface area contributed by atoms with Crippen LogP contribution in [0.4, 0.5) is 4.39 Å². The van der Waals surface area contributed by atoms with Crippen LogP contribution in [0.3, 0.4) is 0 Å². The van der Waals surface area contributed by atoms with Gasteiger partial charge < -0.3 is 9.47 Å². The first-order chi connectivity index (χ1) is 12.0. The highest BCUT2D eigenvalue weighted by molar-refractivity contribution is 9.10. The van der Waals surface area contributed by atoms with Crippen molar-refractivity contribution in [2.75, 3.05) is 6.61 Å². The molecule has 0 bridgehead atoms. The summed E-state index contributed by atoms with van der Waals surface area (Å²) in [6, 6.07) is 9.77. The highest BCUT2D eigenvalue weighted by Gasteiger charge is 2.13. The highest BCUT2D eigenvalue weighted by atomic mass is 79.9. The number of ether oxygens (including phenoxy) is 2. The molecule has 0 saturated heterocycles. The van der Waals surface area contributed by atoms with Gasteiger partial charge in [-0.05, 0) is 64.8 Å². The molecule has 0 saturated carbocycles. The standard InChI is InChI=1S/C19H18BrFO4/c1-2-3-4-11-24-18(22)13-5-7-14(8-6-13)19(23)25-17-10-9-15(21)12-16(17)20/h5-10,12H,2-4,11H2,1H3. The molecule has 0 heterocycles. The fourth-order valence-electron chi connectivity index (χ4n) is 2.06. The van der Waals surface area contributed by atoms with Crippen molar-refractivity contribution in [3.8, 4) is 5.75 Å². The SMILES string of the molecule is CCCCCOC(=O)c1ccc(C(=O)Oc2ccc(F)cc2Br)cc1. The summed E-state index contributed by atoms with van der Waals surface area (Å²) in [7, 11) is 0. The largest absolute Gasteiger partial charge is 0.462 e. The van der Waals surface area contributed by atoms with E-state index >= 15 is 0 Å². The average Bonchev–Trinajstić information content (AvgIpc) is 2.61. The Morgan fingerprint density at radius 1 is 1.00 bits per heavy atom. The van der Waals surface area contributed by atoms with Crippen LogP contribution in [0, 0.1) is 5.82 Å². The van der Waals surface area contributed by atoms with E-state index in [1.807, 2.05) is 0 Å². The van der Waals surface area contributed by atoms with E-state index in [-0.39, 0.29) is 11.3 Å². The summed E-state index contributed by atoms with van der Waals surface area (Å²) in [4.78, 5) is 24.0. The molecule has 2 aromatic rings. The third kappa shape index (κ3) is 5.67. The van der Waals surface area contributed by atoms with Crippen LogP contribution in [0.1, 0.15) is 46.9 Å². The Morgan fingerprint density at radius 3 is 2.24 bits per heavy atom. The normalized spacial score (nSPS) is 10.4. The molecule has 0 aromatic heterocycles. The van der Waals surface area contributed by atoms with Crippen molar-refractivity contribution in [2.24, 2.45) is 0 Å². The molecule has 0 amide bonds. The molecule has 0 atom stereocenters. The molecular formula is C19H18BrFO4. The molecule has 0 fully saturated rings. The zero-order chi connectivity index (χ0) is 18.2. The minimum Gasteiger partial charge on any atom is -0.462 e. The molecule has 2 rings (SSSR count). The number of carbonyl (C=O) groups is 2. The van der Waals surface area contributed by atoms with Crippen LogP contribution in [0.15, 0.2) is 46.9 Å². The fourth-order valence-corrected chi connectivity index (χ4v) is 2.49. The molecule has 6 heteroatoms. The van der Waals surface area contributed by atoms with Gasteiger partial charge in [0.05, 0.1) is 22.2 Å². The molecule has 0 N–H and O–H groups in total. The number of benzene rings is 2. The van der Waals surface area contributed by atoms with Gasteiger partial charge in [0, 0.05) is 0 Å². The minimum atomic E-state index is -0.602. The summed E-state index contributed by atoms with van der Waals surface area (Å²) in [6.45, 7) is 2.46. The Balaban J connectivity index is 1.96. The van der Waals surface area contributed by atoms with Crippen LogP contribution in [-0.2, 0) is 4.74 Å². The van der Waals surface area contributed by atoms with E-state index in [0.29, 0.717) is 16.6 Å². The maximum Gasteiger partial charge on any atom is 0.343 e. The number of carbonyl (C=O) groups excluding carboxylic acids is 2. The van der Waals surface area contributed by atoms with E-state index < -0.39 is 17.8 Å². The van der Waals surface area contributed by atoms with E-state index in [1.54, 1.807) is 0 Å². The van der Waals surface area contributed by atoms with Crippen molar-refractivity contribution in [3.63, 3.8) is 0 Å². The van der Waals surface area contributed by atoms with Crippen LogP contribution in [0.5, 0.6) is 5.75 Å². The topological polar surface area (TPSA) is 52.6 Å². The summed E-state index contributed by atoms with van der Waals surface area (Å²) in [5.74, 6) is -1.24. The lowest BCUT2D eigenvalue weighted by Gasteiger charge is -2.07. The molecule has 4 nitrogen and oxygen atoms in total. The van der Waals surface area contributed by atoms with E-state index in [9.17, 15) is 14.0 Å². The fraction of sp³-hybridized carbons (Fsp3) is 0.263. The maximum atomic E-state index is 13.0. The van der Waals surface area contributed by atoms with Gasteiger partial charge in [0.25, 0.3) is 0 Å². The molecule has 2 aromatic carbocycles. The van der Waals surface area contributed by atoms with Crippen molar-refractivity contribution in [3.05, 3.63) is 63.9 Å². The Bertz CT molecular complexity index is 744. The third-order valence-electron chi connectivity index (χ3n) is 3.43. The average molecular weight is 409 g/mol. The Kier molecular flexibility index (Phi) is 7.13. The van der Waals surface area contributed by atoms with Crippen LogP contribution in [0.25, 0.3) is 0 Å². The summed E-state index contributed by atoms with van der Waals surface area (Å²) in [5, 5.41) is 0. The van der Waals surface area contributed by atoms with E-state index in [0.717, 1.165) is 19.3 Å². The maximum absolute atomic E-state index is 13.0. The van der Waals surface area contributed by atoms with E-state index in [2.05, 4.69) is 22.9 Å². The highest BCUT2D eigenvalue weighted by Crippen LogP contribution is 2.26. The summed E-state index contributed by atoms with van der Waals surface area (Å²) >= 11 is 3.14. The second-order valence-electron chi connectivity index (χ2n) is 5.38. The Hall–Kier alpha value is -2.21. The van der Waals surface area contributed by atoms with Gasteiger partial charge in [-0.15, -0.1) is 0 Å². The van der Waals surface area contributed by atoms with Gasteiger partial charge in [0.15, 0.2) is 0 Å². The summed E-state index contributed by atoms with van der Waals surface area (Å²) in [6.07, 6.45) is 2.90. The smallest absolute Gasteiger partial charge is 0.343 e. The lowest BCUT2D eigenvalue weighted by molar-refractivity contribution is 0.0497. The van der Waals surface area contributed by atoms with Gasteiger partial charge in [0.2, 0.25) is 0 Å². The van der Waals surface area contributed by atoms with Gasteiger partial charge in [0.1, 0.15) is 11.6 Å². The van der Waals surface area contributed by atoms with Gasteiger partial charge in [-0.1, -0.05) is 19.8 Å². The molecule has 0 spiro atoms. The van der Waals surface area contributed by atoms with Crippen LogP contribution in [0.2, 0.25) is 0 Å². The van der Waals surface area contributed by atoms with Gasteiger partial charge in [-0.2, -0.15) is 0 Å². The van der Waals surface area contributed by atoms with Crippen molar-refractivity contribution in [1.29, 1.82) is 0 Å². The van der Waals surface area contributed by atoms with Gasteiger partial charge in [-0.3, -0.25) is 0 Å². The molecule has 0 aliphatic carbocycles. The van der Waals surface area contributed by atoms with Crippen LogP contribution >= 0.6 is 15.9 Å². The number of hydrogen-bond donors (Lipinski definition) is 0. The first-order valence-electron chi connectivity index (χ1n) is 7.95. The second kappa shape index (κ2) is 9.32. The number of esters is 2. The Morgan fingerprint density at radius 2 is 1.64 bits per heavy atom. The van der Waals surface area contributed by atoms with E-state index in [4.69, 9.17) is 9.47 Å². The second-order valence-corrected chi connectivity index (χ2v) is 6.24. The number of halogens is 2. The first kappa shape index (κ1) is 19.1. The van der Waals surface area contributed by atoms with Crippen molar-refractivity contribution >= 4 is 27.9 Å². The lowest BCUT2D eigenvalue weighted by atomic mass is 10.1. The molecule has 25 heavy (non-hydrogen) atoms. The van der Waals surface area contributed by atoms with Crippen molar-refractivity contribution < 1.29 is 23.5 Å². The molecule has 0 unspecified atom stereocenters. The molecular weight excluding hydrogens is 391 g/mol. The quantitative estimate of drug-likeness (QED) is 0.360. The number of rotatable bonds is 7. The van der Waals surface area contributed by atoms with Gasteiger partial charge in [-0.25, -0.2) is 14.0 Å². The number of hydrogen-bond acceptors (Lipinski definition) is 4. The molecule has 0 aliphatic heterocycles. The van der Waals surface area contributed by atoms with E-state index in [1.165, 1.54) is 42.5 Å². The monoisotopic (exact) mass is 408 g/mol. The first-order valence-corrected chi connectivity index (χ1v) is 8.75. The zero-order valence-corrected chi connectivity index (χ0v) is 15.3. The lowest BCUT2D eigenvalue weighted by Crippen LogP contribution is -2.10. The van der Waals surface area contributed by atoms with Crippen LogP contribution in [-0.4, -0.2) is 18.5 Å². The minimum absolute atomic E-state index is 0.214. The predicted molar refractivity (Wildman–Crippen MR) is 95.3 cm³/mol. The molecule has 132 valence electrons. The Labute approximate surface area is 154 Å².